The minimum atomic E-state index is -0.574. The quantitative estimate of drug-likeness (QED) is 0.791. The fourth-order valence-corrected chi connectivity index (χ4v) is 2.44. The zero-order valence-electron chi connectivity index (χ0n) is 14.2. The number of halogens is 1. The first kappa shape index (κ1) is 18.0. The van der Waals surface area contributed by atoms with Gasteiger partial charge in [0.25, 0.3) is 5.91 Å². The molecule has 0 saturated heterocycles. The Labute approximate surface area is 142 Å². The Morgan fingerprint density at radius 2 is 1.79 bits per heavy atom. The first-order valence-corrected chi connectivity index (χ1v) is 8.35. The maximum atomic E-state index is 12.9. The average molecular weight is 329 g/mol. The normalized spacial score (nSPS) is 13.1. The van der Waals surface area contributed by atoms with E-state index >= 15 is 0 Å². The molecule has 0 radical (unpaired) electrons. The number of aryl methyl sites for hydroxylation is 1. The summed E-state index contributed by atoms with van der Waals surface area (Å²) in [6.45, 7) is 3.88. The highest BCUT2D eigenvalue weighted by molar-refractivity contribution is 5.81. The van der Waals surface area contributed by atoms with E-state index in [0.29, 0.717) is 12.2 Å². The molecule has 0 aliphatic rings. The molecule has 24 heavy (non-hydrogen) atoms. The number of carbonyl (C=O) groups excluding carboxylic acids is 1. The van der Waals surface area contributed by atoms with Crippen molar-refractivity contribution in [1.29, 1.82) is 0 Å². The molecule has 3 nitrogen and oxygen atoms in total. The van der Waals surface area contributed by atoms with Gasteiger partial charge in [0.1, 0.15) is 11.6 Å². The Morgan fingerprint density at radius 1 is 1.12 bits per heavy atom. The topological polar surface area (TPSA) is 38.3 Å². The van der Waals surface area contributed by atoms with Gasteiger partial charge in [-0.05, 0) is 56.0 Å². The van der Waals surface area contributed by atoms with E-state index in [1.807, 2.05) is 32.0 Å². The predicted octanol–water partition coefficient (Wildman–Crippen LogP) is 4.12. The van der Waals surface area contributed by atoms with Crippen LogP contribution in [0.5, 0.6) is 5.75 Å². The van der Waals surface area contributed by atoms with E-state index < -0.39 is 6.10 Å². The van der Waals surface area contributed by atoms with Crippen molar-refractivity contribution in [2.75, 3.05) is 0 Å². The van der Waals surface area contributed by atoms with Gasteiger partial charge in [0.15, 0.2) is 6.10 Å². The third-order valence-corrected chi connectivity index (χ3v) is 3.85. The predicted molar refractivity (Wildman–Crippen MR) is 93.5 cm³/mol. The lowest BCUT2D eigenvalue weighted by atomic mass is 10.1. The summed E-state index contributed by atoms with van der Waals surface area (Å²) in [4.78, 5) is 12.4. The number of hydrogen-bond acceptors (Lipinski definition) is 2. The minimum Gasteiger partial charge on any atom is -0.481 e. The van der Waals surface area contributed by atoms with Crippen LogP contribution in [0, 0.1) is 5.82 Å². The van der Waals surface area contributed by atoms with Crippen LogP contribution in [-0.4, -0.2) is 18.1 Å². The van der Waals surface area contributed by atoms with Gasteiger partial charge in [-0.15, -0.1) is 0 Å². The zero-order valence-corrected chi connectivity index (χ0v) is 14.2. The van der Waals surface area contributed by atoms with Crippen molar-refractivity contribution in [2.24, 2.45) is 0 Å². The molecule has 4 heteroatoms. The van der Waals surface area contributed by atoms with Crippen molar-refractivity contribution in [3.05, 3.63) is 66.0 Å². The molecule has 0 saturated carbocycles. The summed E-state index contributed by atoms with van der Waals surface area (Å²) in [6, 6.07) is 16.0. The van der Waals surface area contributed by atoms with Crippen LogP contribution in [0.2, 0.25) is 0 Å². The number of nitrogens with one attached hydrogen (secondary N) is 1. The first-order valence-electron chi connectivity index (χ1n) is 8.35. The van der Waals surface area contributed by atoms with E-state index in [0.717, 1.165) is 12.8 Å². The van der Waals surface area contributed by atoms with Crippen molar-refractivity contribution < 1.29 is 13.9 Å². The summed E-state index contributed by atoms with van der Waals surface area (Å²) < 4.78 is 18.6. The van der Waals surface area contributed by atoms with E-state index in [1.54, 1.807) is 0 Å². The largest absolute Gasteiger partial charge is 0.481 e. The summed E-state index contributed by atoms with van der Waals surface area (Å²) in [5.41, 5.74) is 1.26. The summed E-state index contributed by atoms with van der Waals surface area (Å²) in [5.74, 6) is 0.0344. The van der Waals surface area contributed by atoms with Crippen LogP contribution >= 0.6 is 0 Å². The second kappa shape index (κ2) is 9.06. The van der Waals surface area contributed by atoms with E-state index in [9.17, 15) is 9.18 Å². The molecule has 0 spiro atoms. The first-order chi connectivity index (χ1) is 11.6. The third-order valence-electron chi connectivity index (χ3n) is 3.85. The second-order valence-corrected chi connectivity index (χ2v) is 5.90. The van der Waals surface area contributed by atoms with Gasteiger partial charge >= 0.3 is 0 Å². The number of hydrogen-bond donors (Lipinski definition) is 1. The fourth-order valence-electron chi connectivity index (χ4n) is 2.44. The lowest BCUT2D eigenvalue weighted by Crippen LogP contribution is -2.42. The molecule has 2 atom stereocenters. The van der Waals surface area contributed by atoms with Gasteiger partial charge in [0.2, 0.25) is 0 Å². The SMILES string of the molecule is CC[C@@H](Oc1ccc(F)cc1)C(=O)N[C@H](C)CCc1ccccc1. The Morgan fingerprint density at radius 3 is 2.42 bits per heavy atom. The van der Waals surface area contributed by atoms with Crippen LogP contribution in [0.3, 0.4) is 0 Å². The maximum absolute atomic E-state index is 12.9. The molecule has 0 fully saturated rings. The third kappa shape index (κ3) is 5.69. The van der Waals surface area contributed by atoms with Gasteiger partial charge in [-0.1, -0.05) is 37.3 Å². The van der Waals surface area contributed by atoms with Crippen LogP contribution in [0.1, 0.15) is 32.3 Å². The van der Waals surface area contributed by atoms with E-state index in [-0.39, 0.29) is 17.8 Å². The molecule has 0 aliphatic heterocycles. The van der Waals surface area contributed by atoms with Gasteiger partial charge < -0.3 is 10.1 Å². The number of ether oxygens (including phenoxy) is 1. The summed E-state index contributed by atoms with van der Waals surface area (Å²) in [7, 11) is 0. The molecule has 0 aliphatic carbocycles. The molecule has 1 N–H and O–H groups in total. The van der Waals surface area contributed by atoms with E-state index in [2.05, 4.69) is 17.4 Å². The van der Waals surface area contributed by atoms with Crippen molar-refractivity contribution in [3.8, 4) is 5.75 Å². The Hall–Kier alpha value is -2.36. The second-order valence-electron chi connectivity index (χ2n) is 5.90. The summed E-state index contributed by atoms with van der Waals surface area (Å²) in [5, 5.41) is 2.99. The zero-order chi connectivity index (χ0) is 17.4. The molecular weight excluding hydrogens is 305 g/mol. The highest BCUT2D eigenvalue weighted by atomic mass is 19.1. The van der Waals surface area contributed by atoms with Crippen LogP contribution in [0.4, 0.5) is 4.39 Å². The number of amides is 1. The van der Waals surface area contributed by atoms with Gasteiger partial charge in [-0.2, -0.15) is 0 Å². The average Bonchev–Trinajstić information content (AvgIpc) is 2.60. The number of benzene rings is 2. The molecule has 1 amide bonds. The molecule has 0 unspecified atom stereocenters. The molecule has 2 rings (SSSR count). The number of rotatable bonds is 8. The summed E-state index contributed by atoms with van der Waals surface area (Å²) >= 11 is 0. The van der Waals surface area contributed by atoms with Crippen LogP contribution in [0.25, 0.3) is 0 Å². The molecular formula is C20H24FNO2. The molecule has 0 bridgehead atoms. The standard InChI is InChI=1S/C20H24FNO2/c1-3-19(24-18-13-11-17(21)12-14-18)20(23)22-15(2)9-10-16-7-5-4-6-8-16/h4-8,11-15,19H,3,9-10H2,1-2H3,(H,22,23)/t15-,19-/m1/s1. The monoisotopic (exact) mass is 329 g/mol. The van der Waals surface area contributed by atoms with E-state index in [4.69, 9.17) is 4.74 Å². The van der Waals surface area contributed by atoms with Gasteiger partial charge in [0.05, 0.1) is 0 Å². The van der Waals surface area contributed by atoms with Crippen molar-refractivity contribution >= 4 is 5.91 Å². The molecule has 2 aromatic carbocycles. The van der Waals surface area contributed by atoms with Gasteiger partial charge in [0, 0.05) is 6.04 Å². The molecule has 2 aromatic rings. The Balaban J connectivity index is 1.83. The van der Waals surface area contributed by atoms with Crippen molar-refractivity contribution in [3.63, 3.8) is 0 Å². The molecule has 0 aromatic heterocycles. The fraction of sp³-hybridized carbons (Fsp3) is 0.350. The molecule has 0 heterocycles. The van der Waals surface area contributed by atoms with Gasteiger partial charge in [-0.3, -0.25) is 4.79 Å². The smallest absolute Gasteiger partial charge is 0.261 e. The highest BCUT2D eigenvalue weighted by Gasteiger charge is 2.20. The van der Waals surface area contributed by atoms with E-state index in [1.165, 1.54) is 29.8 Å². The van der Waals surface area contributed by atoms with Gasteiger partial charge in [-0.25, -0.2) is 4.39 Å². The summed E-state index contributed by atoms with van der Waals surface area (Å²) in [6.07, 6.45) is 1.75. The lowest BCUT2D eigenvalue weighted by molar-refractivity contribution is -0.128. The van der Waals surface area contributed by atoms with Crippen molar-refractivity contribution in [2.45, 2.75) is 45.3 Å². The lowest BCUT2D eigenvalue weighted by Gasteiger charge is -2.20. The minimum absolute atomic E-state index is 0.0589. The maximum Gasteiger partial charge on any atom is 0.261 e. The van der Waals surface area contributed by atoms with Crippen molar-refractivity contribution in [1.82, 2.24) is 5.32 Å². The Kier molecular flexibility index (Phi) is 6.79. The molecule has 128 valence electrons. The highest BCUT2D eigenvalue weighted by Crippen LogP contribution is 2.15. The van der Waals surface area contributed by atoms with Crippen LogP contribution < -0.4 is 10.1 Å². The van der Waals surface area contributed by atoms with Crippen LogP contribution in [-0.2, 0) is 11.2 Å². The van der Waals surface area contributed by atoms with Crippen LogP contribution in [0.15, 0.2) is 54.6 Å². The number of carbonyl (C=O) groups is 1. The Bertz CT molecular complexity index is 628.